The predicted molar refractivity (Wildman–Crippen MR) is 79.2 cm³/mol. The molecule has 1 aromatic carbocycles. The van der Waals surface area contributed by atoms with Crippen LogP contribution in [0, 0.1) is 17.7 Å². The Kier molecular flexibility index (Phi) is 5.14. The number of carbonyl (C=O) groups is 2. The second-order valence-corrected chi connectivity index (χ2v) is 5.06. The molecule has 2 atom stereocenters. The van der Waals surface area contributed by atoms with Gasteiger partial charge in [-0.3, -0.25) is 9.59 Å². The molecule has 2 N–H and O–H groups in total. The first kappa shape index (κ1) is 16.0. The molecule has 1 aliphatic carbocycles. The second kappa shape index (κ2) is 7.06. The third kappa shape index (κ3) is 3.63. The summed E-state index contributed by atoms with van der Waals surface area (Å²) >= 11 is 0. The topological polar surface area (TPSA) is 75.6 Å². The molecule has 0 saturated carbocycles. The fraction of sp³-hybridized carbons (Fsp3) is 0.375. The van der Waals surface area contributed by atoms with Crippen LogP contribution < -0.4 is 10.1 Å². The number of allylic oxidation sites excluding steroid dienone is 2. The molecule has 1 aliphatic rings. The minimum atomic E-state index is -0.992. The quantitative estimate of drug-likeness (QED) is 0.820. The number of anilines is 1. The number of rotatable bonds is 5. The molecule has 0 radical (unpaired) electrons. The monoisotopic (exact) mass is 307 g/mol. The van der Waals surface area contributed by atoms with E-state index in [0.29, 0.717) is 25.1 Å². The van der Waals surface area contributed by atoms with E-state index in [4.69, 9.17) is 4.74 Å². The maximum absolute atomic E-state index is 13.3. The number of ether oxygens (including phenoxy) is 1. The van der Waals surface area contributed by atoms with Gasteiger partial charge in [-0.2, -0.15) is 0 Å². The third-order valence-electron chi connectivity index (χ3n) is 3.59. The lowest BCUT2D eigenvalue weighted by Gasteiger charge is -2.24. The van der Waals surface area contributed by atoms with Crippen LogP contribution >= 0.6 is 0 Å². The summed E-state index contributed by atoms with van der Waals surface area (Å²) in [5, 5.41) is 11.9. The summed E-state index contributed by atoms with van der Waals surface area (Å²) in [5.41, 5.74) is 0.340. The van der Waals surface area contributed by atoms with Crippen molar-refractivity contribution in [2.75, 3.05) is 11.9 Å². The number of nitrogens with one attached hydrogen (secondary N) is 1. The van der Waals surface area contributed by atoms with E-state index in [2.05, 4.69) is 5.32 Å². The molecule has 2 unspecified atom stereocenters. The average Bonchev–Trinajstić information content (AvgIpc) is 2.50. The van der Waals surface area contributed by atoms with E-state index in [1.54, 1.807) is 19.1 Å². The fourth-order valence-corrected chi connectivity index (χ4v) is 2.48. The van der Waals surface area contributed by atoms with Crippen molar-refractivity contribution in [3.05, 3.63) is 36.2 Å². The fourth-order valence-electron chi connectivity index (χ4n) is 2.48. The molecule has 0 fully saturated rings. The van der Waals surface area contributed by atoms with Crippen LogP contribution in [0.5, 0.6) is 5.75 Å². The Labute approximate surface area is 127 Å². The highest BCUT2D eigenvalue weighted by molar-refractivity contribution is 5.96. The highest BCUT2D eigenvalue weighted by Crippen LogP contribution is 2.30. The zero-order valence-corrected chi connectivity index (χ0v) is 12.2. The van der Waals surface area contributed by atoms with Crippen LogP contribution in [0.1, 0.15) is 19.8 Å². The van der Waals surface area contributed by atoms with Gasteiger partial charge in [0, 0.05) is 6.07 Å². The summed E-state index contributed by atoms with van der Waals surface area (Å²) in [6.07, 6.45) is 4.27. The average molecular weight is 307 g/mol. The van der Waals surface area contributed by atoms with Gasteiger partial charge in [0.15, 0.2) is 0 Å². The van der Waals surface area contributed by atoms with Crippen molar-refractivity contribution in [1.82, 2.24) is 0 Å². The molecule has 0 heterocycles. The maximum Gasteiger partial charge on any atom is 0.307 e. The van der Waals surface area contributed by atoms with Crippen molar-refractivity contribution in [3.63, 3.8) is 0 Å². The summed E-state index contributed by atoms with van der Waals surface area (Å²) in [4.78, 5) is 23.6. The van der Waals surface area contributed by atoms with Gasteiger partial charge in [0.2, 0.25) is 5.91 Å². The Hall–Kier alpha value is -2.37. The van der Waals surface area contributed by atoms with Crippen LogP contribution in [0.25, 0.3) is 0 Å². The molecular weight excluding hydrogens is 289 g/mol. The maximum atomic E-state index is 13.3. The smallest absolute Gasteiger partial charge is 0.307 e. The first-order valence-corrected chi connectivity index (χ1v) is 7.14. The van der Waals surface area contributed by atoms with E-state index >= 15 is 0 Å². The Morgan fingerprint density at radius 3 is 2.64 bits per heavy atom. The molecule has 0 saturated heterocycles. The van der Waals surface area contributed by atoms with E-state index < -0.39 is 29.5 Å². The number of halogens is 1. The lowest BCUT2D eigenvalue weighted by atomic mass is 9.82. The van der Waals surface area contributed by atoms with Crippen LogP contribution in [-0.2, 0) is 9.59 Å². The first-order valence-electron chi connectivity index (χ1n) is 7.14. The molecule has 0 aliphatic heterocycles. The molecule has 0 aromatic heterocycles. The predicted octanol–water partition coefficient (Wildman–Crippen LogP) is 2.83. The van der Waals surface area contributed by atoms with Crippen molar-refractivity contribution >= 4 is 17.6 Å². The molecule has 22 heavy (non-hydrogen) atoms. The van der Waals surface area contributed by atoms with Crippen molar-refractivity contribution in [1.29, 1.82) is 0 Å². The van der Waals surface area contributed by atoms with Gasteiger partial charge in [-0.1, -0.05) is 12.2 Å². The normalized spacial score (nSPS) is 20.5. The molecule has 1 aromatic rings. The molecule has 0 spiro atoms. The number of hydrogen-bond donors (Lipinski definition) is 2. The van der Waals surface area contributed by atoms with E-state index in [1.807, 2.05) is 0 Å². The number of carboxylic acids is 1. The number of aliphatic carboxylic acids is 1. The number of benzene rings is 1. The summed E-state index contributed by atoms with van der Waals surface area (Å²) in [7, 11) is 0. The van der Waals surface area contributed by atoms with Crippen LogP contribution in [0.15, 0.2) is 30.4 Å². The molecule has 1 amide bonds. The molecule has 0 bridgehead atoms. The van der Waals surface area contributed by atoms with Gasteiger partial charge < -0.3 is 15.2 Å². The zero-order chi connectivity index (χ0) is 16.1. The SMILES string of the molecule is CCOc1cc(F)ccc1NC(=O)C1CC=CCC1C(=O)O. The van der Waals surface area contributed by atoms with Crippen molar-refractivity contribution in [2.45, 2.75) is 19.8 Å². The third-order valence-corrected chi connectivity index (χ3v) is 3.59. The summed E-state index contributed by atoms with van der Waals surface area (Å²) < 4.78 is 18.5. The van der Waals surface area contributed by atoms with Crippen molar-refractivity contribution in [2.24, 2.45) is 11.8 Å². The molecule has 5 nitrogen and oxygen atoms in total. The van der Waals surface area contributed by atoms with E-state index in [9.17, 15) is 19.1 Å². The minimum Gasteiger partial charge on any atom is -0.492 e. The van der Waals surface area contributed by atoms with Crippen molar-refractivity contribution in [3.8, 4) is 5.75 Å². The highest BCUT2D eigenvalue weighted by atomic mass is 19.1. The Balaban J connectivity index is 2.17. The minimum absolute atomic E-state index is 0.231. The van der Waals surface area contributed by atoms with Crippen LogP contribution in [0.4, 0.5) is 10.1 Å². The van der Waals surface area contributed by atoms with Gasteiger partial charge in [0.05, 0.1) is 24.1 Å². The number of carboxylic acid groups (broad SMARTS) is 1. The molecule has 6 heteroatoms. The summed E-state index contributed by atoms with van der Waals surface area (Å²) in [5.74, 6) is -3.03. The van der Waals surface area contributed by atoms with Crippen LogP contribution in [0.2, 0.25) is 0 Å². The van der Waals surface area contributed by atoms with Gasteiger partial charge in [-0.15, -0.1) is 0 Å². The van der Waals surface area contributed by atoms with Crippen molar-refractivity contribution < 1.29 is 23.8 Å². The standard InChI is InChI=1S/C16H18FNO4/c1-2-22-14-9-10(17)7-8-13(14)18-15(19)11-5-3-4-6-12(11)16(20)21/h3-4,7-9,11-12H,2,5-6H2,1H3,(H,18,19)(H,20,21). The largest absolute Gasteiger partial charge is 0.492 e. The second-order valence-electron chi connectivity index (χ2n) is 5.06. The summed E-state index contributed by atoms with van der Waals surface area (Å²) in [6, 6.07) is 3.81. The number of hydrogen-bond acceptors (Lipinski definition) is 3. The van der Waals surface area contributed by atoms with Crippen LogP contribution in [-0.4, -0.2) is 23.6 Å². The van der Waals surface area contributed by atoms with Crippen LogP contribution in [0.3, 0.4) is 0 Å². The molecular formula is C16H18FNO4. The Morgan fingerprint density at radius 1 is 1.32 bits per heavy atom. The van der Waals surface area contributed by atoms with Gasteiger partial charge in [0.1, 0.15) is 11.6 Å². The van der Waals surface area contributed by atoms with E-state index in [1.165, 1.54) is 18.2 Å². The molecule has 118 valence electrons. The van der Waals surface area contributed by atoms with E-state index in [0.717, 1.165) is 0 Å². The van der Waals surface area contributed by atoms with Gasteiger partial charge in [0.25, 0.3) is 0 Å². The van der Waals surface area contributed by atoms with Gasteiger partial charge >= 0.3 is 5.97 Å². The first-order chi connectivity index (χ1) is 10.5. The lowest BCUT2D eigenvalue weighted by molar-refractivity contribution is -0.146. The van der Waals surface area contributed by atoms with Gasteiger partial charge in [-0.05, 0) is 31.9 Å². The number of amides is 1. The lowest BCUT2D eigenvalue weighted by Crippen LogP contribution is -2.34. The molecule has 2 rings (SSSR count). The van der Waals surface area contributed by atoms with E-state index in [-0.39, 0.29) is 5.75 Å². The highest BCUT2D eigenvalue weighted by Gasteiger charge is 2.34. The number of carbonyl (C=O) groups excluding carboxylic acids is 1. The Morgan fingerprint density at radius 2 is 2.00 bits per heavy atom. The zero-order valence-electron chi connectivity index (χ0n) is 12.2. The van der Waals surface area contributed by atoms with Gasteiger partial charge in [-0.25, -0.2) is 4.39 Å². The Bertz CT molecular complexity index is 600. The summed E-state index contributed by atoms with van der Waals surface area (Å²) in [6.45, 7) is 2.08.